The van der Waals surface area contributed by atoms with Crippen LogP contribution in [0.4, 0.5) is 8.78 Å². The summed E-state index contributed by atoms with van der Waals surface area (Å²) < 4.78 is 28.6. The summed E-state index contributed by atoms with van der Waals surface area (Å²) in [5, 5.41) is 3.12. The normalized spacial score (nSPS) is 16.0. The third-order valence-corrected chi connectivity index (χ3v) is 4.50. The average molecular weight is 287 g/mol. The molecule has 1 aliphatic carbocycles. The molecule has 2 aromatic carbocycles. The second kappa shape index (κ2) is 5.57. The molecule has 0 fully saturated rings. The average Bonchev–Trinajstić information content (AvgIpc) is 2.91. The minimum atomic E-state index is -0.464. The van der Waals surface area contributed by atoms with Crippen molar-refractivity contribution in [1.82, 2.24) is 5.32 Å². The molecule has 0 heterocycles. The van der Waals surface area contributed by atoms with Crippen molar-refractivity contribution in [2.24, 2.45) is 5.92 Å². The molecule has 0 aromatic heterocycles. The number of benzene rings is 2. The molecule has 2 aromatic rings. The Morgan fingerprint density at radius 3 is 2.24 bits per heavy atom. The summed E-state index contributed by atoms with van der Waals surface area (Å²) in [5.74, 6) is -0.711. The maximum atomic E-state index is 14.4. The van der Waals surface area contributed by atoms with Crippen LogP contribution >= 0.6 is 0 Å². The van der Waals surface area contributed by atoms with Crippen molar-refractivity contribution in [1.29, 1.82) is 0 Å². The Bertz CT molecular complexity index is 641. The first-order chi connectivity index (χ1) is 10.1. The molecule has 1 aliphatic rings. The van der Waals surface area contributed by atoms with Crippen LogP contribution in [0.2, 0.25) is 0 Å². The molecule has 0 bridgehead atoms. The second-order valence-corrected chi connectivity index (χ2v) is 5.80. The summed E-state index contributed by atoms with van der Waals surface area (Å²) in [6.07, 6.45) is 1.71. The monoisotopic (exact) mass is 287 g/mol. The van der Waals surface area contributed by atoms with Gasteiger partial charge in [-0.05, 0) is 55.5 Å². The van der Waals surface area contributed by atoms with Crippen molar-refractivity contribution in [2.45, 2.75) is 25.8 Å². The van der Waals surface area contributed by atoms with E-state index in [0.717, 1.165) is 12.8 Å². The number of nitrogens with one attached hydrogen (secondary N) is 1. The van der Waals surface area contributed by atoms with E-state index < -0.39 is 11.6 Å². The van der Waals surface area contributed by atoms with Gasteiger partial charge in [0, 0.05) is 11.6 Å². The first kappa shape index (κ1) is 14.2. The van der Waals surface area contributed by atoms with Crippen molar-refractivity contribution in [3.05, 3.63) is 70.3 Å². The summed E-state index contributed by atoms with van der Waals surface area (Å²) in [6, 6.07) is 10.8. The van der Waals surface area contributed by atoms with Crippen LogP contribution in [0.25, 0.3) is 0 Å². The van der Waals surface area contributed by atoms with Gasteiger partial charge in [-0.2, -0.15) is 0 Å². The number of aryl methyl sites for hydroxylation is 1. The molecule has 0 saturated carbocycles. The minimum absolute atomic E-state index is 0.176. The second-order valence-electron chi connectivity index (χ2n) is 5.80. The van der Waals surface area contributed by atoms with Gasteiger partial charge in [0.1, 0.15) is 11.6 Å². The van der Waals surface area contributed by atoms with Crippen molar-refractivity contribution in [2.75, 3.05) is 7.05 Å². The highest BCUT2D eigenvalue weighted by atomic mass is 19.1. The standard InChI is InChI=1S/C18H19F2N/c1-11-7-8-15(19)16(17(11)20)18(21-2)14-9-12-5-3-4-6-13(12)10-14/h3-8,14,18,21H,9-10H2,1-2H3. The van der Waals surface area contributed by atoms with E-state index in [4.69, 9.17) is 0 Å². The van der Waals surface area contributed by atoms with E-state index in [9.17, 15) is 8.78 Å². The highest BCUT2D eigenvalue weighted by Crippen LogP contribution is 2.37. The van der Waals surface area contributed by atoms with Crippen LogP contribution in [-0.4, -0.2) is 7.05 Å². The molecular formula is C18H19F2N. The van der Waals surface area contributed by atoms with Crippen molar-refractivity contribution in [3.63, 3.8) is 0 Å². The van der Waals surface area contributed by atoms with E-state index in [1.54, 1.807) is 14.0 Å². The molecule has 3 rings (SSSR count). The van der Waals surface area contributed by atoms with E-state index in [1.807, 2.05) is 12.1 Å². The van der Waals surface area contributed by atoms with Crippen LogP contribution in [-0.2, 0) is 12.8 Å². The summed E-state index contributed by atoms with van der Waals surface area (Å²) in [5.41, 5.74) is 3.24. The van der Waals surface area contributed by atoms with Gasteiger partial charge in [0.2, 0.25) is 0 Å². The zero-order valence-corrected chi connectivity index (χ0v) is 12.3. The summed E-state index contributed by atoms with van der Waals surface area (Å²) in [4.78, 5) is 0. The molecule has 0 spiro atoms. The molecular weight excluding hydrogens is 268 g/mol. The Labute approximate surface area is 124 Å². The summed E-state index contributed by atoms with van der Waals surface area (Å²) in [7, 11) is 1.77. The zero-order valence-electron chi connectivity index (χ0n) is 12.3. The van der Waals surface area contributed by atoms with Crippen LogP contribution in [0.15, 0.2) is 36.4 Å². The predicted octanol–water partition coefficient (Wildman–Crippen LogP) is 3.95. The Morgan fingerprint density at radius 1 is 1.05 bits per heavy atom. The lowest BCUT2D eigenvalue weighted by atomic mass is 9.89. The first-order valence-electron chi connectivity index (χ1n) is 7.30. The number of halogens is 2. The van der Waals surface area contributed by atoms with E-state index >= 15 is 0 Å². The van der Waals surface area contributed by atoms with Crippen LogP contribution in [0.3, 0.4) is 0 Å². The Hall–Kier alpha value is -1.74. The number of hydrogen-bond donors (Lipinski definition) is 1. The molecule has 0 aliphatic heterocycles. The van der Waals surface area contributed by atoms with Crippen LogP contribution in [0.5, 0.6) is 0 Å². The maximum Gasteiger partial charge on any atom is 0.133 e. The van der Waals surface area contributed by atoms with Gasteiger partial charge < -0.3 is 5.32 Å². The van der Waals surface area contributed by atoms with Crippen LogP contribution in [0, 0.1) is 24.5 Å². The van der Waals surface area contributed by atoms with Gasteiger partial charge in [-0.25, -0.2) is 8.78 Å². The number of fused-ring (bicyclic) bond motifs is 1. The molecule has 1 atom stereocenters. The highest BCUT2D eigenvalue weighted by Gasteiger charge is 2.32. The zero-order chi connectivity index (χ0) is 15.0. The molecule has 110 valence electrons. The lowest BCUT2D eigenvalue weighted by Crippen LogP contribution is -2.28. The highest BCUT2D eigenvalue weighted by molar-refractivity contribution is 5.36. The van der Waals surface area contributed by atoms with Gasteiger partial charge in [0.25, 0.3) is 0 Å². The third kappa shape index (κ3) is 2.46. The Kier molecular flexibility index (Phi) is 3.77. The van der Waals surface area contributed by atoms with Gasteiger partial charge in [-0.15, -0.1) is 0 Å². The molecule has 1 N–H and O–H groups in total. The van der Waals surface area contributed by atoms with Gasteiger partial charge in [0.15, 0.2) is 0 Å². The quantitative estimate of drug-likeness (QED) is 0.901. The topological polar surface area (TPSA) is 12.0 Å². The Morgan fingerprint density at radius 2 is 1.67 bits per heavy atom. The lowest BCUT2D eigenvalue weighted by Gasteiger charge is -2.25. The van der Waals surface area contributed by atoms with Gasteiger partial charge in [-0.1, -0.05) is 30.3 Å². The smallest absolute Gasteiger partial charge is 0.133 e. The van der Waals surface area contributed by atoms with Crippen molar-refractivity contribution in [3.8, 4) is 0 Å². The molecule has 1 unspecified atom stereocenters. The molecule has 0 radical (unpaired) electrons. The van der Waals surface area contributed by atoms with Crippen LogP contribution < -0.4 is 5.32 Å². The predicted molar refractivity (Wildman–Crippen MR) is 80.2 cm³/mol. The Balaban J connectivity index is 1.96. The van der Waals surface area contributed by atoms with Crippen LogP contribution in [0.1, 0.15) is 28.3 Å². The van der Waals surface area contributed by atoms with Crippen molar-refractivity contribution < 1.29 is 8.78 Å². The SMILES string of the molecule is CNC(c1c(F)ccc(C)c1F)C1Cc2ccccc2C1. The fourth-order valence-corrected chi connectivity index (χ4v) is 3.41. The largest absolute Gasteiger partial charge is 0.313 e. The van der Waals surface area contributed by atoms with E-state index in [-0.39, 0.29) is 17.5 Å². The van der Waals surface area contributed by atoms with Crippen molar-refractivity contribution >= 4 is 0 Å². The number of hydrogen-bond acceptors (Lipinski definition) is 1. The maximum absolute atomic E-state index is 14.4. The van der Waals surface area contributed by atoms with Gasteiger partial charge in [0.05, 0.1) is 0 Å². The molecule has 1 nitrogen and oxygen atoms in total. The lowest BCUT2D eigenvalue weighted by molar-refractivity contribution is 0.368. The fraction of sp³-hybridized carbons (Fsp3) is 0.333. The van der Waals surface area contributed by atoms with Gasteiger partial charge in [-0.3, -0.25) is 0 Å². The van der Waals surface area contributed by atoms with E-state index in [1.165, 1.54) is 23.3 Å². The molecule has 21 heavy (non-hydrogen) atoms. The summed E-state index contributed by atoms with van der Waals surface area (Å²) in [6.45, 7) is 1.67. The molecule has 0 saturated heterocycles. The van der Waals surface area contributed by atoms with E-state index in [2.05, 4.69) is 17.4 Å². The minimum Gasteiger partial charge on any atom is -0.313 e. The van der Waals surface area contributed by atoms with Gasteiger partial charge >= 0.3 is 0 Å². The fourth-order valence-electron chi connectivity index (χ4n) is 3.41. The third-order valence-electron chi connectivity index (χ3n) is 4.50. The molecule has 3 heteroatoms. The molecule has 0 amide bonds. The first-order valence-corrected chi connectivity index (χ1v) is 7.30. The van der Waals surface area contributed by atoms with E-state index in [0.29, 0.717) is 5.56 Å². The number of rotatable bonds is 3. The summed E-state index contributed by atoms with van der Waals surface area (Å²) >= 11 is 0.